The predicted molar refractivity (Wildman–Crippen MR) is 139 cm³/mol. The van der Waals surface area contributed by atoms with Crippen LogP contribution in [0.2, 0.25) is 10.0 Å². The molecule has 2 aliphatic rings. The summed E-state index contributed by atoms with van der Waals surface area (Å²) in [6, 6.07) is 7.56. The highest BCUT2D eigenvalue weighted by molar-refractivity contribution is 6.32. The molecule has 4 rings (SSSR count). The molecule has 0 aromatic heterocycles. The Kier molecular flexibility index (Phi) is 6.61. The standard InChI is InChI=1S/C27H32Cl2N2O2/c1-5-7-21-23(28)9-19(11-25(21)32)30-15-17(3)13-27(30)14-18(4)16-31(27)20-10-24(29)22(8-6-2)26(33)12-20/h5-6,9-12,17-18,32-33H,1-2,7-8,13-16H2,3-4H3. The maximum Gasteiger partial charge on any atom is 0.122 e. The molecule has 2 N–H and O–H groups in total. The Labute approximate surface area is 206 Å². The summed E-state index contributed by atoms with van der Waals surface area (Å²) in [6.45, 7) is 13.8. The van der Waals surface area contributed by atoms with E-state index in [-0.39, 0.29) is 17.2 Å². The molecular formula is C27H32Cl2N2O2. The van der Waals surface area contributed by atoms with Crippen LogP contribution >= 0.6 is 23.2 Å². The number of nitrogens with zero attached hydrogens (tertiary/aromatic N) is 2. The maximum absolute atomic E-state index is 10.7. The largest absolute Gasteiger partial charge is 0.508 e. The summed E-state index contributed by atoms with van der Waals surface area (Å²) in [5.41, 5.74) is 2.93. The summed E-state index contributed by atoms with van der Waals surface area (Å²) >= 11 is 13.2. The second-order valence-corrected chi connectivity index (χ2v) is 10.5. The smallest absolute Gasteiger partial charge is 0.122 e. The van der Waals surface area contributed by atoms with Crippen LogP contribution in [0.5, 0.6) is 11.5 Å². The molecule has 2 unspecified atom stereocenters. The van der Waals surface area contributed by atoms with Gasteiger partial charge in [0.15, 0.2) is 0 Å². The van der Waals surface area contributed by atoms with Crippen LogP contribution in [0.15, 0.2) is 49.6 Å². The zero-order valence-electron chi connectivity index (χ0n) is 19.3. The summed E-state index contributed by atoms with van der Waals surface area (Å²) in [5, 5.41) is 22.5. The van der Waals surface area contributed by atoms with Crippen molar-refractivity contribution in [3.8, 4) is 11.5 Å². The first-order valence-corrected chi connectivity index (χ1v) is 12.3. The first kappa shape index (κ1) is 23.8. The zero-order chi connectivity index (χ0) is 23.9. The summed E-state index contributed by atoms with van der Waals surface area (Å²) in [4.78, 5) is 4.76. The number of phenols is 2. The molecule has 0 bridgehead atoms. The third-order valence-electron chi connectivity index (χ3n) is 6.98. The van der Waals surface area contributed by atoms with Crippen molar-refractivity contribution in [2.75, 3.05) is 22.9 Å². The molecule has 2 atom stereocenters. The number of aromatic hydroxyl groups is 2. The van der Waals surface area contributed by atoms with Crippen LogP contribution in [0.3, 0.4) is 0 Å². The van der Waals surface area contributed by atoms with Crippen molar-refractivity contribution in [2.45, 2.75) is 45.2 Å². The van der Waals surface area contributed by atoms with E-state index in [4.69, 9.17) is 23.2 Å². The van der Waals surface area contributed by atoms with Gasteiger partial charge in [0.05, 0.1) is 0 Å². The van der Waals surface area contributed by atoms with Gasteiger partial charge in [0, 0.05) is 57.8 Å². The predicted octanol–water partition coefficient (Wildman–Crippen LogP) is 6.95. The number of hydrogen-bond acceptors (Lipinski definition) is 4. The van der Waals surface area contributed by atoms with E-state index in [2.05, 4.69) is 36.8 Å². The van der Waals surface area contributed by atoms with E-state index < -0.39 is 0 Å². The lowest BCUT2D eigenvalue weighted by molar-refractivity contribution is 0.403. The summed E-state index contributed by atoms with van der Waals surface area (Å²) < 4.78 is 0. The second kappa shape index (κ2) is 9.15. The highest BCUT2D eigenvalue weighted by Crippen LogP contribution is 2.51. The van der Waals surface area contributed by atoms with Gasteiger partial charge in [0.1, 0.15) is 17.2 Å². The molecule has 2 fully saturated rings. The van der Waals surface area contributed by atoms with Gasteiger partial charge in [-0.1, -0.05) is 49.2 Å². The van der Waals surface area contributed by atoms with Crippen LogP contribution in [0.1, 0.15) is 37.8 Å². The number of benzene rings is 2. The van der Waals surface area contributed by atoms with Crippen molar-refractivity contribution in [3.63, 3.8) is 0 Å². The monoisotopic (exact) mass is 486 g/mol. The van der Waals surface area contributed by atoms with Crippen molar-refractivity contribution in [1.29, 1.82) is 0 Å². The average Bonchev–Trinajstić information content (AvgIpc) is 3.25. The van der Waals surface area contributed by atoms with Crippen LogP contribution in [0.4, 0.5) is 11.4 Å². The molecule has 0 amide bonds. The number of phenolic OH excluding ortho intramolecular Hbond substituents is 2. The highest BCUT2D eigenvalue weighted by atomic mass is 35.5. The van der Waals surface area contributed by atoms with Gasteiger partial charge in [-0.05, 0) is 49.7 Å². The second-order valence-electron chi connectivity index (χ2n) is 9.66. The lowest BCUT2D eigenvalue weighted by Gasteiger charge is -2.45. The Morgan fingerprint density at radius 3 is 1.58 bits per heavy atom. The molecule has 2 aliphatic heterocycles. The molecule has 4 nitrogen and oxygen atoms in total. The summed E-state index contributed by atoms with van der Waals surface area (Å²) in [7, 11) is 0. The van der Waals surface area contributed by atoms with Crippen LogP contribution in [-0.4, -0.2) is 29.0 Å². The molecule has 2 saturated heterocycles. The van der Waals surface area contributed by atoms with E-state index in [1.807, 2.05) is 24.3 Å². The third-order valence-corrected chi connectivity index (χ3v) is 7.65. The minimum Gasteiger partial charge on any atom is -0.508 e. The van der Waals surface area contributed by atoms with E-state index in [1.54, 1.807) is 12.2 Å². The number of halogens is 2. The van der Waals surface area contributed by atoms with Crippen molar-refractivity contribution >= 4 is 34.6 Å². The quantitative estimate of drug-likeness (QED) is 0.433. The summed E-state index contributed by atoms with van der Waals surface area (Å²) in [5.74, 6) is 1.30. The number of anilines is 2. The lowest BCUT2D eigenvalue weighted by Crippen LogP contribution is -2.54. The van der Waals surface area contributed by atoms with Gasteiger partial charge in [-0.15, -0.1) is 13.2 Å². The lowest BCUT2D eigenvalue weighted by atomic mass is 9.95. The molecule has 6 heteroatoms. The van der Waals surface area contributed by atoms with Crippen LogP contribution in [0, 0.1) is 11.8 Å². The third kappa shape index (κ3) is 4.20. The van der Waals surface area contributed by atoms with Crippen molar-refractivity contribution < 1.29 is 10.2 Å². The van der Waals surface area contributed by atoms with E-state index >= 15 is 0 Å². The van der Waals surface area contributed by atoms with Crippen LogP contribution in [-0.2, 0) is 12.8 Å². The maximum atomic E-state index is 10.7. The fourth-order valence-corrected chi connectivity index (χ4v) is 6.36. The van der Waals surface area contributed by atoms with Gasteiger partial charge in [-0.3, -0.25) is 0 Å². The number of allylic oxidation sites excluding steroid dienone is 2. The average molecular weight is 487 g/mol. The Morgan fingerprint density at radius 1 is 0.848 bits per heavy atom. The molecule has 2 heterocycles. The molecule has 1 spiro atoms. The molecule has 2 aromatic rings. The van der Waals surface area contributed by atoms with Crippen molar-refractivity contribution in [2.24, 2.45) is 11.8 Å². The Balaban J connectivity index is 1.80. The van der Waals surface area contributed by atoms with E-state index in [1.165, 1.54) is 0 Å². The first-order chi connectivity index (χ1) is 15.7. The SMILES string of the molecule is C=CCc1c(O)cc(N2CC(C)CC23CC(C)CN3c2cc(O)c(CC=C)c(Cl)c2)cc1Cl. The molecular weight excluding hydrogens is 455 g/mol. The Bertz CT molecular complexity index is 952. The Morgan fingerprint density at radius 2 is 1.24 bits per heavy atom. The van der Waals surface area contributed by atoms with Crippen LogP contribution < -0.4 is 9.80 Å². The topological polar surface area (TPSA) is 46.9 Å². The van der Waals surface area contributed by atoms with Crippen molar-refractivity contribution in [3.05, 3.63) is 70.7 Å². The fourth-order valence-electron chi connectivity index (χ4n) is 5.79. The zero-order valence-corrected chi connectivity index (χ0v) is 20.8. The number of rotatable bonds is 6. The normalized spacial score (nSPS) is 24.6. The van der Waals surface area contributed by atoms with E-state index in [9.17, 15) is 10.2 Å². The van der Waals surface area contributed by atoms with Gasteiger partial charge in [-0.2, -0.15) is 0 Å². The molecule has 2 aromatic carbocycles. The van der Waals surface area contributed by atoms with Crippen LogP contribution in [0.25, 0.3) is 0 Å². The Hall–Kier alpha value is -2.30. The minimum atomic E-state index is -0.287. The molecule has 33 heavy (non-hydrogen) atoms. The van der Waals surface area contributed by atoms with Crippen molar-refractivity contribution in [1.82, 2.24) is 0 Å². The minimum absolute atomic E-state index is 0.194. The molecule has 0 aliphatic carbocycles. The van der Waals surface area contributed by atoms with Gasteiger partial charge in [0.2, 0.25) is 0 Å². The van der Waals surface area contributed by atoms with E-state index in [0.29, 0.717) is 45.8 Å². The van der Waals surface area contributed by atoms with Gasteiger partial charge >= 0.3 is 0 Å². The first-order valence-electron chi connectivity index (χ1n) is 11.5. The molecule has 0 radical (unpaired) electrons. The number of hydrogen-bond donors (Lipinski definition) is 2. The van der Waals surface area contributed by atoms with Gasteiger partial charge in [-0.25, -0.2) is 0 Å². The highest BCUT2D eigenvalue weighted by Gasteiger charge is 2.53. The van der Waals surface area contributed by atoms with Gasteiger partial charge in [0.25, 0.3) is 0 Å². The molecule has 176 valence electrons. The van der Waals surface area contributed by atoms with E-state index in [0.717, 1.165) is 37.3 Å². The molecule has 0 saturated carbocycles. The summed E-state index contributed by atoms with van der Waals surface area (Å²) in [6.07, 6.45) is 6.46. The van der Waals surface area contributed by atoms with Gasteiger partial charge < -0.3 is 20.0 Å². The fraction of sp³-hybridized carbons (Fsp3) is 0.407.